The SMILES string of the molecule is C=C(C)CN1CCN(C(=O)c2cnc(C)nc2)CC1. The first-order valence-electron chi connectivity index (χ1n) is 6.51. The van der Waals surface area contributed by atoms with Gasteiger partial charge in [-0.15, -0.1) is 0 Å². The van der Waals surface area contributed by atoms with Crippen molar-refractivity contribution in [3.05, 3.63) is 35.9 Å². The van der Waals surface area contributed by atoms with Gasteiger partial charge in [0.15, 0.2) is 0 Å². The molecule has 1 saturated heterocycles. The predicted molar refractivity (Wildman–Crippen MR) is 73.9 cm³/mol. The maximum atomic E-state index is 12.2. The zero-order chi connectivity index (χ0) is 13.8. The minimum atomic E-state index is 0.0231. The fourth-order valence-electron chi connectivity index (χ4n) is 2.18. The molecule has 0 spiro atoms. The predicted octanol–water partition coefficient (Wildman–Crippen LogP) is 1.12. The number of amides is 1. The summed E-state index contributed by atoms with van der Waals surface area (Å²) in [5, 5.41) is 0. The number of hydrogen-bond donors (Lipinski definition) is 0. The number of carbonyl (C=O) groups is 1. The molecule has 0 unspecified atom stereocenters. The molecule has 0 saturated carbocycles. The zero-order valence-electron chi connectivity index (χ0n) is 11.6. The van der Waals surface area contributed by atoms with Crippen LogP contribution in [0, 0.1) is 6.92 Å². The van der Waals surface area contributed by atoms with E-state index in [0.717, 1.165) is 38.3 Å². The number of hydrogen-bond acceptors (Lipinski definition) is 4. The van der Waals surface area contributed by atoms with E-state index in [0.29, 0.717) is 11.4 Å². The largest absolute Gasteiger partial charge is 0.336 e. The van der Waals surface area contributed by atoms with Crippen LogP contribution in [0.2, 0.25) is 0 Å². The van der Waals surface area contributed by atoms with Gasteiger partial charge in [-0.05, 0) is 13.8 Å². The van der Waals surface area contributed by atoms with Crippen molar-refractivity contribution in [2.45, 2.75) is 13.8 Å². The molecule has 0 atom stereocenters. The summed E-state index contributed by atoms with van der Waals surface area (Å²) in [6, 6.07) is 0. The lowest BCUT2D eigenvalue weighted by atomic mass is 10.2. The highest BCUT2D eigenvalue weighted by Crippen LogP contribution is 2.08. The van der Waals surface area contributed by atoms with E-state index in [-0.39, 0.29) is 5.91 Å². The monoisotopic (exact) mass is 260 g/mol. The number of rotatable bonds is 3. The van der Waals surface area contributed by atoms with E-state index in [1.54, 1.807) is 12.4 Å². The topological polar surface area (TPSA) is 49.3 Å². The Morgan fingerprint density at radius 1 is 1.26 bits per heavy atom. The molecule has 0 aliphatic carbocycles. The van der Waals surface area contributed by atoms with Crippen molar-refractivity contribution in [2.75, 3.05) is 32.7 Å². The molecular formula is C14H20N4O. The van der Waals surface area contributed by atoms with Gasteiger partial charge in [0, 0.05) is 45.1 Å². The normalized spacial score (nSPS) is 16.4. The molecule has 1 aliphatic rings. The standard InChI is InChI=1S/C14H20N4O/c1-11(2)10-17-4-6-18(7-5-17)14(19)13-8-15-12(3)16-9-13/h8-9H,1,4-7,10H2,2-3H3. The fourth-order valence-corrected chi connectivity index (χ4v) is 2.18. The van der Waals surface area contributed by atoms with Crippen molar-refractivity contribution >= 4 is 5.91 Å². The highest BCUT2D eigenvalue weighted by molar-refractivity contribution is 5.93. The average Bonchev–Trinajstić information content (AvgIpc) is 2.39. The summed E-state index contributed by atoms with van der Waals surface area (Å²) in [7, 11) is 0. The molecule has 1 aromatic rings. The van der Waals surface area contributed by atoms with E-state index in [1.807, 2.05) is 18.7 Å². The lowest BCUT2D eigenvalue weighted by molar-refractivity contribution is 0.0647. The first kappa shape index (κ1) is 13.7. The Hall–Kier alpha value is -1.75. The van der Waals surface area contributed by atoms with Gasteiger partial charge in [0.1, 0.15) is 5.82 Å². The van der Waals surface area contributed by atoms with Crippen molar-refractivity contribution in [2.24, 2.45) is 0 Å². The van der Waals surface area contributed by atoms with Crippen molar-refractivity contribution in [1.82, 2.24) is 19.8 Å². The number of nitrogens with zero attached hydrogens (tertiary/aromatic N) is 4. The van der Waals surface area contributed by atoms with Crippen LogP contribution in [0.5, 0.6) is 0 Å². The Kier molecular flexibility index (Phi) is 4.27. The number of carbonyl (C=O) groups excluding carboxylic acids is 1. The van der Waals surface area contributed by atoms with Crippen LogP contribution in [0.25, 0.3) is 0 Å². The summed E-state index contributed by atoms with van der Waals surface area (Å²) in [5.41, 5.74) is 1.73. The molecular weight excluding hydrogens is 240 g/mol. The number of aromatic nitrogens is 2. The summed E-state index contributed by atoms with van der Waals surface area (Å²) in [5.74, 6) is 0.706. The minimum absolute atomic E-state index is 0.0231. The molecule has 0 N–H and O–H groups in total. The second kappa shape index (κ2) is 5.93. The van der Waals surface area contributed by atoms with Gasteiger partial charge in [-0.25, -0.2) is 9.97 Å². The van der Waals surface area contributed by atoms with Crippen LogP contribution < -0.4 is 0 Å². The number of aryl methyl sites for hydroxylation is 1. The molecule has 0 aromatic carbocycles. The van der Waals surface area contributed by atoms with Crippen LogP contribution in [-0.4, -0.2) is 58.4 Å². The van der Waals surface area contributed by atoms with E-state index < -0.39 is 0 Å². The van der Waals surface area contributed by atoms with Gasteiger partial charge in [0.2, 0.25) is 0 Å². The quantitative estimate of drug-likeness (QED) is 0.764. The summed E-state index contributed by atoms with van der Waals surface area (Å²) < 4.78 is 0. The van der Waals surface area contributed by atoms with Gasteiger partial charge in [0.05, 0.1) is 5.56 Å². The van der Waals surface area contributed by atoms with E-state index in [9.17, 15) is 4.79 Å². The van der Waals surface area contributed by atoms with Crippen molar-refractivity contribution in [3.63, 3.8) is 0 Å². The summed E-state index contributed by atoms with van der Waals surface area (Å²) in [6.45, 7) is 12.0. The van der Waals surface area contributed by atoms with Crippen LogP contribution >= 0.6 is 0 Å². The lowest BCUT2D eigenvalue weighted by Crippen LogP contribution is -2.49. The van der Waals surface area contributed by atoms with E-state index in [2.05, 4.69) is 21.4 Å². The minimum Gasteiger partial charge on any atom is -0.336 e. The molecule has 2 rings (SSSR count). The lowest BCUT2D eigenvalue weighted by Gasteiger charge is -2.34. The Morgan fingerprint density at radius 3 is 2.37 bits per heavy atom. The van der Waals surface area contributed by atoms with E-state index in [4.69, 9.17) is 0 Å². The molecule has 5 nitrogen and oxygen atoms in total. The first-order chi connectivity index (χ1) is 9.06. The molecule has 2 heterocycles. The second-order valence-electron chi connectivity index (χ2n) is 5.04. The maximum absolute atomic E-state index is 12.2. The molecule has 102 valence electrons. The van der Waals surface area contributed by atoms with Crippen molar-refractivity contribution in [1.29, 1.82) is 0 Å². The summed E-state index contributed by atoms with van der Waals surface area (Å²) >= 11 is 0. The average molecular weight is 260 g/mol. The number of piperazine rings is 1. The van der Waals surface area contributed by atoms with Crippen molar-refractivity contribution < 1.29 is 4.79 Å². The van der Waals surface area contributed by atoms with Crippen LogP contribution in [0.1, 0.15) is 23.1 Å². The van der Waals surface area contributed by atoms with Crippen LogP contribution in [0.3, 0.4) is 0 Å². The van der Waals surface area contributed by atoms with Gasteiger partial charge in [0.25, 0.3) is 5.91 Å². The highest BCUT2D eigenvalue weighted by Gasteiger charge is 2.22. The summed E-state index contributed by atoms with van der Waals surface area (Å²) in [4.78, 5) is 24.6. The molecule has 1 aliphatic heterocycles. The van der Waals surface area contributed by atoms with E-state index in [1.165, 1.54) is 0 Å². The van der Waals surface area contributed by atoms with Gasteiger partial charge in [-0.2, -0.15) is 0 Å². The first-order valence-corrected chi connectivity index (χ1v) is 6.51. The van der Waals surface area contributed by atoms with E-state index >= 15 is 0 Å². The molecule has 0 radical (unpaired) electrons. The fraction of sp³-hybridized carbons (Fsp3) is 0.500. The smallest absolute Gasteiger partial charge is 0.257 e. The Bertz CT molecular complexity index is 461. The molecule has 1 aromatic heterocycles. The second-order valence-corrected chi connectivity index (χ2v) is 5.04. The van der Waals surface area contributed by atoms with Crippen LogP contribution in [0.15, 0.2) is 24.5 Å². The third-order valence-corrected chi connectivity index (χ3v) is 3.18. The van der Waals surface area contributed by atoms with Crippen LogP contribution in [-0.2, 0) is 0 Å². The molecule has 1 amide bonds. The van der Waals surface area contributed by atoms with Crippen LogP contribution in [0.4, 0.5) is 0 Å². The van der Waals surface area contributed by atoms with Gasteiger partial charge in [-0.3, -0.25) is 9.69 Å². The Balaban J connectivity index is 1.92. The summed E-state index contributed by atoms with van der Waals surface area (Å²) in [6.07, 6.45) is 3.20. The third-order valence-electron chi connectivity index (χ3n) is 3.18. The molecule has 5 heteroatoms. The third kappa shape index (κ3) is 3.61. The molecule has 1 fully saturated rings. The van der Waals surface area contributed by atoms with Crippen molar-refractivity contribution in [3.8, 4) is 0 Å². The van der Waals surface area contributed by atoms with Gasteiger partial charge < -0.3 is 4.90 Å². The highest BCUT2D eigenvalue weighted by atomic mass is 16.2. The Labute approximate surface area is 114 Å². The van der Waals surface area contributed by atoms with Gasteiger partial charge in [-0.1, -0.05) is 12.2 Å². The molecule has 0 bridgehead atoms. The van der Waals surface area contributed by atoms with Gasteiger partial charge >= 0.3 is 0 Å². The zero-order valence-corrected chi connectivity index (χ0v) is 11.6. The molecule has 19 heavy (non-hydrogen) atoms. The Morgan fingerprint density at radius 2 is 1.84 bits per heavy atom. The maximum Gasteiger partial charge on any atom is 0.257 e.